The van der Waals surface area contributed by atoms with E-state index >= 15 is 0 Å². The Morgan fingerprint density at radius 1 is 0.675 bits per heavy atom. The van der Waals surface area contributed by atoms with E-state index in [1.54, 1.807) is 23.6 Å². The van der Waals surface area contributed by atoms with Crippen LogP contribution >= 0.6 is 11.3 Å². The molecule has 9 rings (SSSR count). The van der Waals surface area contributed by atoms with Gasteiger partial charge in [0.2, 0.25) is 5.95 Å². The largest absolute Gasteiger partial charge is 0.277 e. The van der Waals surface area contributed by atoms with Crippen molar-refractivity contribution in [1.82, 2.24) is 19.5 Å². The lowest BCUT2D eigenvalue weighted by Gasteiger charge is -2.12. The number of para-hydroxylation sites is 1. The van der Waals surface area contributed by atoms with Crippen molar-refractivity contribution >= 4 is 75.1 Å². The normalized spacial score (nSPS) is 13.8. The lowest BCUT2D eigenvalue weighted by Crippen LogP contribution is -2.04. The Bertz CT molecular complexity index is 2700. The number of hydrogen-bond donors (Lipinski definition) is 0. The minimum Gasteiger partial charge on any atom is -0.277 e. The van der Waals surface area contributed by atoms with E-state index < -0.39 is 18.1 Å². The van der Waals surface area contributed by atoms with Crippen LogP contribution in [0.1, 0.15) is 6.85 Å². The minimum atomic E-state index is -0.457. The lowest BCUT2D eigenvalue weighted by molar-refractivity contribution is 1.01. The third-order valence-electron chi connectivity index (χ3n) is 7.53. The summed E-state index contributed by atoms with van der Waals surface area (Å²) in [5.74, 6) is 0.326. The quantitative estimate of drug-likeness (QED) is 0.222. The molecular formula is C35H20N4S. The van der Waals surface area contributed by atoms with Gasteiger partial charge in [-0.1, -0.05) is 90.9 Å². The molecule has 40 heavy (non-hydrogen) atoms. The van der Waals surface area contributed by atoms with E-state index in [0.717, 1.165) is 32.6 Å². The number of thiophene rings is 1. The fourth-order valence-corrected chi connectivity index (χ4v) is 7.17. The highest BCUT2D eigenvalue weighted by atomic mass is 32.1. The molecule has 186 valence electrons. The number of nitrogens with zero attached hydrogens (tertiary/aromatic N) is 4. The van der Waals surface area contributed by atoms with Crippen molar-refractivity contribution in [2.24, 2.45) is 0 Å². The van der Waals surface area contributed by atoms with Gasteiger partial charge in [-0.05, 0) is 24.3 Å². The van der Waals surface area contributed by atoms with Crippen molar-refractivity contribution in [3.8, 4) is 17.2 Å². The molecule has 0 fully saturated rings. The highest BCUT2D eigenvalue weighted by molar-refractivity contribution is 7.27. The fraction of sp³-hybridized carbons (Fsp3) is 0. The van der Waals surface area contributed by atoms with E-state index in [0.29, 0.717) is 17.0 Å². The number of rotatable bonds is 2. The first-order valence-corrected chi connectivity index (χ1v) is 13.7. The topological polar surface area (TPSA) is 43.6 Å². The first-order chi connectivity index (χ1) is 21.9. The van der Waals surface area contributed by atoms with Crippen LogP contribution < -0.4 is 0 Å². The van der Waals surface area contributed by atoms with Gasteiger partial charge in [-0.15, -0.1) is 11.3 Å². The molecule has 0 radical (unpaired) electrons. The maximum absolute atomic E-state index is 8.75. The Kier molecular flexibility index (Phi) is 3.57. The summed E-state index contributed by atoms with van der Waals surface area (Å²) in [4.78, 5) is 14.5. The Morgan fingerprint density at radius 2 is 1.43 bits per heavy atom. The van der Waals surface area contributed by atoms with Crippen LogP contribution in [0, 0.1) is 0 Å². The number of benzene rings is 5. The zero-order chi connectivity index (χ0) is 30.6. The Balaban J connectivity index is 1.52. The van der Waals surface area contributed by atoms with Gasteiger partial charge in [0.15, 0.2) is 0 Å². The average molecular weight is 534 g/mol. The predicted molar refractivity (Wildman–Crippen MR) is 168 cm³/mol. The monoisotopic (exact) mass is 533 g/mol. The van der Waals surface area contributed by atoms with Gasteiger partial charge in [0, 0.05) is 53.5 Å². The van der Waals surface area contributed by atoms with Gasteiger partial charge in [-0.25, -0.2) is 9.97 Å². The second-order valence-corrected chi connectivity index (χ2v) is 10.7. The van der Waals surface area contributed by atoms with E-state index in [2.05, 4.69) is 53.5 Å². The summed E-state index contributed by atoms with van der Waals surface area (Å²) in [5, 5.41) is 6.66. The number of aromatic nitrogens is 4. The molecule has 0 spiro atoms. The third-order valence-corrected chi connectivity index (χ3v) is 8.73. The van der Waals surface area contributed by atoms with E-state index in [1.807, 2.05) is 34.9 Å². The molecule has 0 aliphatic heterocycles. The molecule has 4 heterocycles. The number of hydrogen-bond acceptors (Lipinski definition) is 4. The Labute approximate surface area is 239 Å². The van der Waals surface area contributed by atoms with Gasteiger partial charge in [0.1, 0.15) is 11.2 Å². The Morgan fingerprint density at radius 3 is 2.30 bits per heavy atom. The van der Waals surface area contributed by atoms with Gasteiger partial charge in [0.05, 0.1) is 23.4 Å². The summed E-state index contributed by atoms with van der Waals surface area (Å²) >= 11 is 1.79. The van der Waals surface area contributed by atoms with Gasteiger partial charge >= 0.3 is 0 Å². The summed E-state index contributed by atoms with van der Waals surface area (Å²) in [7, 11) is 0. The summed E-state index contributed by atoms with van der Waals surface area (Å²) in [6.45, 7) is 0. The van der Waals surface area contributed by atoms with Gasteiger partial charge in [-0.2, -0.15) is 0 Å². The summed E-state index contributed by atoms with van der Waals surface area (Å²) in [6.07, 6.45) is 1.59. The van der Waals surface area contributed by atoms with Crippen molar-refractivity contribution < 1.29 is 6.85 Å². The molecule has 0 N–H and O–H groups in total. The van der Waals surface area contributed by atoms with Gasteiger partial charge in [-0.3, -0.25) is 9.55 Å². The second kappa shape index (κ2) is 8.18. The molecule has 0 saturated carbocycles. The highest BCUT2D eigenvalue weighted by Crippen LogP contribution is 2.47. The molecule has 0 aliphatic carbocycles. The van der Waals surface area contributed by atoms with Crippen LogP contribution in [0.4, 0.5) is 0 Å². The first-order valence-electron chi connectivity index (χ1n) is 15.4. The van der Waals surface area contributed by atoms with E-state index in [-0.39, 0.29) is 23.3 Å². The lowest BCUT2D eigenvalue weighted by atomic mass is 10.00. The zero-order valence-corrected chi connectivity index (χ0v) is 21.7. The van der Waals surface area contributed by atoms with Crippen molar-refractivity contribution in [2.45, 2.75) is 0 Å². The van der Waals surface area contributed by atoms with Crippen LogP contribution in [-0.4, -0.2) is 19.5 Å². The van der Waals surface area contributed by atoms with Crippen LogP contribution in [0.25, 0.3) is 81.0 Å². The molecule has 0 amide bonds. The minimum absolute atomic E-state index is 0.00908. The molecule has 0 bridgehead atoms. The van der Waals surface area contributed by atoms with Crippen molar-refractivity contribution in [1.29, 1.82) is 0 Å². The fourth-order valence-electron chi connectivity index (χ4n) is 5.92. The molecular weight excluding hydrogens is 508 g/mol. The van der Waals surface area contributed by atoms with Crippen LogP contribution in [0.5, 0.6) is 0 Å². The molecule has 0 saturated heterocycles. The van der Waals surface area contributed by atoms with Crippen LogP contribution in [-0.2, 0) is 0 Å². The number of pyridine rings is 1. The molecule has 9 aromatic rings. The average Bonchev–Trinajstić information content (AvgIpc) is 3.63. The smallest absolute Gasteiger partial charge is 0.235 e. The van der Waals surface area contributed by atoms with E-state index in [4.69, 9.17) is 16.8 Å². The summed E-state index contributed by atoms with van der Waals surface area (Å²) in [5.41, 5.74) is 2.88. The van der Waals surface area contributed by atoms with Gasteiger partial charge in [0.25, 0.3) is 0 Å². The highest BCUT2D eigenvalue weighted by Gasteiger charge is 2.23. The Hall–Kier alpha value is -5.13. The molecule has 4 aromatic heterocycles. The predicted octanol–water partition coefficient (Wildman–Crippen LogP) is 9.31. The van der Waals surface area contributed by atoms with Crippen LogP contribution in [0.2, 0.25) is 0 Å². The SMILES string of the molecule is [2H]c1c([2H])c([2H])c(-c2nc(-n3c4ccccc4c4c5c6ccccc6sc5c5ccccc5c43)nc3cccnc23)c([2H])c1[2H]. The molecule has 0 unspecified atom stereocenters. The summed E-state index contributed by atoms with van der Waals surface area (Å²) in [6, 6.07) is 26.6. The van der Waals surface area contributed by atoms with Crippen LogP contribution in [0.3, 0.4) is 0 Å². The third kappa shape index (κ3) is 2.92. The molecule has 0 aliphatic rings. The maximum atomic E-state index is 8.75. The first kappa shape index (κ1) is 17.5. The van der Waals surface area contributed by atoms with Crippen molar-refractivity contribution in [3.05, 3.63) is 121 Å². The molecule has 5 aromatic carbocycles. The molecule has 0 atom stereocenters. The molecule has 5 heteroatoms. The zero-order valence-electron chi connectivity index (χ0n) is 25.9. The van der Waals surface area contributed by atoms with Gasteiger partial charge < -0.3 is 0 Å². The second-order valence-electron chi connectivity index (χ2n) is 9.67. The van der Waals surface area contributed by atoms with E-state index in [9.17, 15) is 0 Å². The van der Waals surface area contributed by atoms with Crippen molar-refractivity contribution in [2.75, 3.05) is 0 Å². The van der Waals surface area contributed by atoms with E-state index in [1.165, 1.54) is 20.2 Å². The van der Waals surface area contributed by atoms with Crippen molar-refractivity contribution in [3.63, 3.8) is 0 Å². The van der Waals surface area contributed by atoms with Crippen LogP contribution in [0.15, 0.2) is 121 Å². The summed E-state index contributed by atoms with van der Waals surface area (Å²) < 4.78 is 46.8. The maximum Gasteiger partial charge on any atom is 0.235 e. The number of fused-ring (bicyclic) bond motifs is 11. The molecule has 4 nitrogen and oxygen atoms in total. The standard InChI is InChI=1S/C35H20N4S/c1-2-11-21(12-3-1)31-32-26(17-10-20-36-32)37-35(38-31)39-27-18-8-6-15-24(27)29-30-25-16-7-9-19-28(25)40-34(30)23-14-5-4-13-22(23)33(29)39/h1-20H/i1D,2D,3D,11D,12D.